The second-order valence-corrected chi connectivity index (χ2v) is 6.17. The lowest BCUT2D eigenvalue weighted by Crippen LogP contribution is -2.10. The number of halogens is 4. The number of carbonyl (C=O) groups is 2. The predicted molar refractivity (Wildman–Crippen MR) is 96.8 cm³/mol. The zero-order valence-corrected chi connectivity index (χ0v) is 15.6. The van der Waals surface area contributed by atoms with Crippen molar-refractivity contribution < 1.29 is 36.6 Å². The fourth-order valence-corrected chi connectivity index (χ4v) is 2.18. The highest BCUT2D eigenvalue weighted by atomic mass is 19.2. The van der Waals surface area contributed by atoms with Gasteiger partial charge in [-0.2, -0.15) is 4.39 Å². The molecule has 8 heteroatoms. The van der Waals surface area contributed by atoms with Crippen LogP contribution in [0.25, 0.3) is 11.1 Å². The molecule has 4 nitrogen and oxygen atoms in total. The minimum absolute atomic E-state index is 0.0371. The molecule has 0 spiro atoms. The van der Waals surface area contributed by atoms with Crippen LogP contribution in [0.5, 0.6) is 5.75 Å². The van der Waals surface area contributed by atoms with Crippen LogP contribution in [-0.2, 0) is 20.9 Å². The summed E-state index contributed by atoms with van der Waals surface area (Å²) in [6.07, 6.45) is 0. The third kappa shape index (κ3) is 4.71. The van der Waals surface area contributed by atoms with E-state index in [0.717, 1.165) is 24.3 Å². The molecule has 0 atom stereocenters. The van der Waals surface area contributed by atoms with E-state index in [0.29, 0.717) is 0 Å². The Morgan fingerprint density at radius 3 is 1.86 bits per heavy atom. The Morgan fingerprint density at radius 1 is 0.793 bits per heavy atom. The van der Waals surface area contributed by atoms with Crippen LogP contribution in [0.1, 0.15) is 19.4 Å². The summed E-state index contributed by atoms with van der Waals surface area (Å²) in [5, 5.41) is 0. The number of carbonyl (C=O) groups excluding carboxylic acids is 2. The normalized spacial score (nSPS) is 10.4. The van der Waals surface area contributed by atoms with E-state index in [4.69, 9.17) is 4.74 Å². The Bertz CT molecular complexity index is 1030. The molecule has 0 N–H and O–H groups in total. The molecule has 0 heterocycles. The Hall–Kier alpha value is -3.42. The van der Waals surface area contributed by atoms with Gasteiger partial charge in [0.1, 0.15) is 6.61 Å². The van der Waals surface area contributed by atoms with Crippen molar-refractivity contribution in [3.05, 3.63) is 77.4 Å². The highest BCUT2D eigenvalue weighted by Crippen LogP contribution is 2.33. The van der Waals surface area contributed by atoms with Gasteiger partial charge in [-0.05, 0) is 26.0 Å². The number of hydrogen-bond donors (Lipinski definition) is 0. The van der Waals surface area contributed by atoms with Crippen LogP contribution in [0, 0.1) is 23.3 Å². The predicted octanol–water partition coefficient (Wildman–Crippen LogP) is 5.01. The molecule has 2 aromatic carbocycles. The number of rotatable bonds is 6. The van der Waals surface area contributed by atoms with Gasteiger partial charge in [0.2, 0.25) is 5.82 Å². The summed E-state index contributed by atoms with van der Waals surface area (Å²) in [4.78, 5) is 22.8. The molecule has 2 aromatic rings. The van der Waals surface area contributed by atoms with E-state index in [9.17, 15) is 27.2 Å². The number of ether oxygens (including phenoxy) is 2. The van der Waals surface area contributed by atoms with Gasteiger partial charge < -0.3 is 9.47 Å². The lowest BCUT2D eigenvalue weighted by molar-refractivity contribution is -0.140. The quantitative estimate of drug-likeness (QED) is 0.292. The summed E-state index contributed by atoms with van der Waals surface area (Å²) < 4.78 is 66.7. The van der Waals surface area contributed by atoms with E-state index in [1.807, 2.05) is 0 Å². The van der Waals surface area contributed by atoms with Gasteiger partial charge in [-0.25, -0.2) is 22.8 Å². The fourth-order valence-electron chi connectivity index (χ4n) is 2.18. The minimum atomic E-state index is -1.55. The van der Waals surface area contributed by atoms with E-state index in [2.05, 4.69) is 17.9 Å². The Labute approximate surface area is 164 Å². The van der Waals surface area contributed by atoms with E-state index < -0.39 is 58.7 Å². The van der Waals surface area contributed by atoms with Crippen LogP contribution >= 0.6 is 0 Å². The highest BCUT2D eigenvalue weighted by Gasteiger charge is 2.22. The first-order chi connectivity index (χ1) is 13.5. The molecule has 29 heavy (non-hydrogen) atoms. The summed E-state index contributed by atoms with van der Waals surface area (Å²) in [7, 11) is 0. The van der Waals surface area contributed by atoms with Crippen LogP contribution in [0.2, 0.25) is 0 Å². The summed E-state index contributed by atoms with van der Waals surface area (Å²) in [5.74, 6) is -8.39. The maximum Gasteiger partial charge on any atom is 0.338 e. The first-order valence-corrected chi connectivity index (χ1v) is 8.20. The van der Waals surface area contributed by atoms with Gasteiger partial charge >= 0.3 is 11.9 Å². The SMILES string of the molecule is C=C(C)C(=O)OCc1ccc(-c2ccc(OC(=O)C(=C)C)c(F)c2F)c(F)c1F. The van der Waals surface area contributed by atoms with Crippen LogP contribution in [0.15, 0.2) is 48.6 Å². The van der Waals surface area contributed by atoms with E-state index in [1.165, 1.54) is 13.8 Å². The third-order valence-corrected chi connectivity index (χ3v) is 3.76. The van der Waals surface area contributed by atoms with E-state index >= 15 is 0 Å². The fraction of sp³-hybridized carbons (Fsp3) is 0.143. The monoisotopic (exact) mass is 408 g/mol. The standard InChI is InChI=1S/C21H16F4O4/c1-10(2)20(26)28-9-12-5-6-13(17(23)16(12)22)14-7-8-15(19(25)18(14)24)29-21(27)11(3)4/h5-8H,1,3,9H2,2,4H3. The molecule has 0 bridgehead atoms. The van der Waals surface area contributed by atoms with Crippen molar-refractivity contribution in [1.29, 1.82) is 0 Å². The van der Waals surface area contributed by atoms with Crippen molar-refractivity contribution in [2.75, 3.05) is 0 Å². The van der Waals surface area contributed by atoms with Gasteiger partial charge in [0.15, 0.2) is 23.2 Å². The number of hydrogen-bond acceptors (Lipinski definition) is 4. The summed E-state index contributed by atoms with van der Waals surface area (Å²) in [6, 6.07) is 3.94. The van der Waals surface area contributed by atoms with Crippen molar-refractivity contribution in [2.45, 2.75) is 20.5 Å². The largest absolute Gasteiger partial charge is 0.457 e. The van der Waals surface area contributed by atoms with Gasteiger partial charge in [0, 0.05) is 27.8 Å². The summed E-state index contributed by atoms with van der Waals surface area (Å²) in [6.45, 7) is 8.81. The Kier molecular flexibility index (Phi) is 6.58. The van der Waals surface area contributed by atoms with Crippen LogP contribution in [0.4, 0.5) is 17.6 Å². The highest BCUT2D eigenvalue weighted by molar-refractivity contribution is 5.89. The molecule has 0 unspecified atom stereocenters. The zero-order valence-electron chi connectivity index (χ0n) is 15.6. The molecule has 0 aromatic heterocycles. The van der Waals surface area contributed by atoms with Gasteiger partial charge in [-0.3, -0.25) is 0 Å². The number of benzene rings is 2. The van der Waals surface area contributed by atoms with Crippen LogP contribution in [0.3, 0.4) is 0 Å². The molecule has 0 amide bonds. The number of esters is 2. The molecular formula is C21H16F4O4. The second-order valence-electron chi connectivity index (χ2n) is 6.17. The molecular weight excluding hydrogens is 392 g/mol. The lowest BCUT2D eigenvalue weighted by atomic mass is 10.0. The molecule has 152 valence electrons. The van der Waals surface area contributed by atoms with Crippen molar-refractivity contribution in [2.24, 2.45) is 0 Å². The molecule has 0 fully saturated rings. The van der Waals surface area contributed by atoms with Crippen LogP contribution < -0.4 is 4.74 Å². The van der Waals surface area contributed by atoms with Crippen molar-refractivity contribution in [3.63, 3.8) is 0 Å². The van der Waals surface area contributed by atoms with Gasteiger partial charge in [-0.1, -0.05) is 25.3 Å². The topological polar surface area (TPSA) is 52.6 Å². The minimum Gasteiger partial charge on any atom is -0.457 e. The average molecular weight is 408 g/mol. The molecule has 0 aliphatic carbocycles. The van der Waals surface area contributed by atoms with Crippen molar-refractivity contribution >= 4 is 11.9 Å². The van der Waals surface area contributed by atoms with Gasteiger partial charge in [0.05, 0.1) is 0 Å². The van der Waals surface area contributed by atoms with Crippen molar-refractivity contribution in [3.8, 4) is 16.9 Å². The second kappa shape index (κ2) is 8.72. The summed E-state index contributed by atoms with van der Waals surface area (Å²) in [5.41, 5.74) is -1.41. The van der Waals surface area contributed by atoms with Crippen LogP contribution in [-0.4, -0.2) is 11.9 Å². The molecule has 0 aliphatic heterocycles. The average Bonchev–Trinajstić information content (AvgIpc) is 2.66. The maximum atomic E-state index is 14.4. The molecule has 0 aliphatic rings. The van der Waals surface area contributed by atoms with E-state index in [1.54, 1.807) is 0 Å². The molecule has 0 radical (unpaired) electrons. The van der Waals surface area contributed by atoms with E-state index in [-0.39, 0.29) is 16.7 Å². The summed E-state index contributed by atoms with van der Waals surface area (Å²) >= 11 is 0. The Morgan fingerprint density at radius 2 is 1.31 bits per heavy atom. The van der Waals surface area contributed by atoms with Gasteiger partial charge in [0.25, 0.3) is 0 Å². The Balaban J connectivity index is 2.37. The first kappa shape index (κ1) is 21.9. The van der Waals surface area contributed by atoms with Crippen molar-refractivity contribution in [1.82, 2.24) is 0 Å². The maximum absolute atomic E-state index is 14.4. The first-order valence-electron chi connectivity index (χ1n) is 8.20. The molecule has 0 saturated heterocycles. The molecule has 2 rings (SSSR count). The third-order valence-electron chi connectivity index (χ3n) is 3.76. The smallest absolute Gasteiger partial charge is 0.338 e. The lowest BCUT2D eigenvalue weighted by Gasteiger charge is -2.12. The zero-order chi connectivity index (χ0) is 21.9. The molecule has 0 saturated carbocycles. The van der Waals surface area contributed by atoms with Gasteiger partial charge in [-0.15, -0.1) is 0 Å².